The Morgan fingerprint density at radius 1 is 1.02 bits per heavy atom. The number of alkyl carbamates (subject to hydrolysis) is 1. The predicted octanol–water partition coefficient (Wildman–Crippen LogP) is 6.16. The van der Waals surface area contributed by atoms with Crippen molar-refractivity contribution in [2.45, 2.75) is 102 Å². The summed E-state index contributed by atoms with van der Waals surface area (Å²) >= 11 is 0. The van der Waals surface area contributed by atoms with Crippen molar-refractivity contribution in [1.82, 2.24) is 10.2 Å². The van der Waals surface area contributed by atoms with Gasteiger partial charge in [0.15, 0.2) is 0 Å². The van der Waals surface area contributed by atoms with Crippen LogP contribution in [0.15, 0.2) is 28.7 Å². The number of benzene rings is 1. The van der Waals surface area contributed by atoms with E-state index in [9.17, 15) is 28.7 Å². The molecule has 1 aromatic heterocycles. The number of furan rings is 1. The molecule has 3 N–H and O–H groups in total. The maximum absolute atomic E-state index is 14.1. The molecule has 258 valence electrons. The lowest BCUT2D eigenvalue weighted by Crippen LogP contribution is -2.50. The van der Waals surface area contributed by atoms with Crippen molar-refractivity contribution in [2.75, 3.05) is 25.6 Å². The molecule has 5 rings (SSSR count). The molecule has 47 heavy (non-hydrogen) atoms. The minimum Gasteiger partial charge on any atom is -0.475 e. The smallest absolute Gasteiger partial charge is 0.407 e. The first-order chi connectivity index (χ1) is 22.4. The van der Waals surface area contributed by atoms with Crippen LogP contribution in [0.4, 0.5) is 14.9 Å². The molecule has 1 aliphatic heterocycles. The van der Waals surface area contributed by atoms with Gasteiger partial charge in [-0.05, 0) is 121 Å². The maximum atomic E-state index is 14.1. The number of halogens is 1. The molecule has 3 aliphatic rings. The number of alkyl halides is 1. The number of carbonyl (C=O) groups excluding carboxylic acids is 3. The molecule has 0 bridgehead atoms. The molecule has 2 heterocycles. The van der Waals surface area contributed by atoms with E-state index in [1.54, 1.807) is 51.0 Å². The predicted molar refractivity (Wildman–Crippen MR) is 173 cm³/mol. The Balaban J connectivity index is 1.28. The molecule has 0 radical (unpaired) electrons. The second-order valence-corrected chi connectivity index (χ2v) is 14.4. The number of anilines is 1. The molecule has 12 heteroatoms. The zero-order chi connectivity index (χ0) is 33.9. The average molecular weight is 658 g/mol. The van der Waals surface area contributed by atoms with Crippen LogP contribution in [-0.4, -0.2) is 78.0 Å². The zero-order valence-electron chi connectivity index (χ0n) is 27.8. The number of hydrogen-bond acceptors (Lipinski definition) is 7. The lowest BCUT2D eigenvalue weighted by molar-refractivity contribution is -0.142. The second-order valence-electron chi connectivity index (χ2n) is 14.4. The Morgan fingerprint density at radius 2 is 1.72 bits per heavy atom. The van der Waals surface area contributed by atoms with Gasteiger partial charge < -0.3 is 34.5 Å². The summed E-state index contributed by atoms with van der Waals surface area (Å²) in [6, 6.07) is 5.06. The molecule has 3 fully saturated rings. The van der Waals surface area contributed by atoms with Gasteiger partial charge in [0, 0.05) is 30.6 Å². The van der Waals surface area contributed by atoms with E-state index in [4.69, 9.17) is 13.9 Å². The van der Waals surface area contributed by atoms with Crippen molar-refractivity contribution in [1.29, 1.82) is 0 Å². The normalized spacial score (nSPS) is 27.3. The summed E-state index contributed by atoms with van der Waals surface area (Å²) in [6.07, 6.45) is 6.24. The number of carboxylic acids is 1. The topological polar surface area (TPSA) is 147 Å². The maximum Gasteiger partial charge on any atom is 0.407 e. The quantitative estimate of drug-likeness (QED) is 0.291. The lowest BCUT2D eigenvalue weighted by Gasteiger charge is -2.38. The third-order valence-corrected chi connectivity index (χ3v) is 10.2. The zero-order valence-corrected chi connectivity index (χ0v) is 27.8. The van der Waals surface area contributed by atoms with Crippen molar-refractivity contribution in [3.8, 4) is 0 Å². The Morgan fingerprint density at radius 3 is 2.34 bits per heavy atom. The Hall–Kier alpha value is -3.67. The Labute approximate surface area is 274 Å². The number of ether oxygens (including phenoxy) is 2. The summed E-state index contributed by atoms with van der Waals surface area (Å²) in [7, 11) is 1.73. The van der Waals surface area contributed by atoms with Gasteiger partial charge in [0.25, 0.3) is 0 Å². The number of rotatable bonds is 9. The van der Waals surface area contributed by atoms with Crippen molar-refractivity contribution in [2.24, 2.45) is 23.7 Å². The van der Waals surface area contributed by atoms with E-state index < -0.39 is 36.4 Å². The van der Waals surface area contributed by atoms with Gasteiger partial charge in [-0.3, -0.25) is 9.59 Å². The van der Waals surface area contributed by atoms with Crippen molar-refractivity contribution < 1.29 is 42.6 Å². The van der Waals surface area contributed by atoms with Gasteiger partial charge in [-0.1, -0.05) is 0 Å². The van der Waals surface area contributed by atoms with Gasteiger partial charge >= 0.3 is 12.1 Å². The number of nitrogens with one attached hydrogen (secondary N) is 2. The first kappa shape index (κ1) is 34.7. The van der Waals surface area contributed by atoms with Gasteiger partial charge in [0.2, 0.25) is 17.6 Å². The van der Waals surface area contributed by atoms with Crippen LogP contribution in [0.3, 0.4) is 0 Å². The highest BCUT2D eigenvalue weighted by atomic mass is 19.1. The molecular formula is C35H48FN3O8. The van der Waals surface area contributed by atoms with E-state index in [2.05, 4.69) is 10.6 Å². The van der Waals surface area contributed by atoms with Crippen LogP contribution in [0.5, 0.6) is 0 Å². The van der Waals surface area contributed by atoms with Crippen molar-refractivity contribution in [3.05, 3.63) is 30.0 Å². The van der Waals surface area contributed by atoms with Crippen LogP contribution in [0.2, 0.25) is 0 Å². The molecule has 1 saturated heterocycles. The highest BCUT2D eigenvalue weighted by Crippen LogP contribution is 2.42. The van der Waals surface area contributed by atoms with Crippen LogP contribution < -0.4 is 10.6 Å². The number of aromatic carboxylic acids is 1. The standard InChI is InChI=1S/C35H48FN3O8/c1-35(2,3)47-34(44)38-27(19-36)21-5-7-22(8-6-21)32(41)39-16-15-26(20-9-12-25(45-4)13-10-20)30(39)31(40)37-24-11-14-28-23(17-24)18-29(46-28)33(42)43/h11,14,17-18,20-22,25-27,30H,5-10,12-13,15-16,19H2,1-4H3,(H,37,40)(H,38,44)(H,42,43)/t20?,21-,22-,25?,26-,27?,30-/m0/s1. The van der Waals surface area contributed by atoms with Gasteiger partial charge in [-0.2, -0.15) is 0 Å². The number of carboxylic acid groups (broad SMARTS) is 1. The molecule has 3 atom stereocenters. The summed E-state index contributed by atoms with van der Waals surface area (Å²) in [5.74, 6) is -1.79. The van der Waals surface area contributed by atoms with E-state index in [0.717, 1.165) is 32.1 Å². The number of likely N-dealkylation sites (tertiary alicyclic amines) is 1. The van der Waals surface area contributed by atoms with E-state index in [-0.39, 0.29) is 47.4 Å². The highest BCUT2D eigenvalue weighted by molar-refractivity contribution is 6.00. The van der Waals surface area contributed by atoms with Crippen LogP contribution in [0.1, 0.15) is 89.1 Å². The van der Waals surface area contributed by atoms with Crippen molar-refractivity contribution >= 4 is 40.5 Å². The fourth-order valence-electron chi connectivity index (χ4n) is 7.83. The highest BCUT2D eigenvalue weighted by Gasteiger charge is 2.47. The van der Waals surface area contributed by atoms with Gasteiger partial charge in [-0.15, -0.1) is 0 Å². The first-order valence-corrected chi connectivity index (χ1v) is 16.8. The van der Waals surface area contributed by atoms with Crippen LogP contribution in [0.25, 0.3) is 11.0 Å². The number of fused-ring (bicyclic) bond motifs is 1. The molecule has 2 aliphatic carbocycles. The molecule has 1 unspecified atom stereocenters. The summed E-state index contributed by atoms with van der Waals surface area (Å²) in [4.78, 5) is 53.6. The average Bonchev–Trinajstić information content (AvgIpc) is 3.68. The summed E-state index contributed by atoms with van der Waals surface area (Å²) in [5.41, 5.74) is 0.208. The van der Waals surface area contributed by atoms with Crippen LogP contribution in [-0.2, 0) is 19.1 Å². The monoisotopic (exact) mass is 657 g/mol. The molecule has 0 spiro atoms. The minimum absolute atomic E-state index is 0.00156. The van der Waals surface area contributed by atoms with Crippen molar-refractivity contribution in [3.63, 3.8) is 0 Å². The molecule has 11 nitrogen and oxygen atoms in total. The summed E-state index contributed by atoms with van der Waals surface area (Å²) < 4.78 is 30.3. The minimum atomic E-state index is -1.17. The third kappa shape index (κ3) is 8.25. The first-order valence-electron chi connectivity index (χ1n) is 16.8. The van der Waals surface area contributed by atoms with Gasteiger partial charge in [0.1, 0.15) is 23.9 Å². The van der Waals surface area contributed by atoms with Crippen LogP contribution >= 0.6 is 0 Å². The van der Waals surface area contributed by atoms with E-state index in [0.29, 0.717) is 48.9 Å². The van der Waals surface area contributed by atoms with Crippen LogP contribution in [0, 0.1) is 23.7 Å². The Kier molecular flexibility index (Phi) is 10.8. The van der Waals surface area contributed by atoms with E-state index in [1.807, 2.05) is 0 Å². The number of nitrogens with zero attached hydrogens (tertiary/aromatic N) is 1. The molecule has 2 aromatic rings. The summed E-state index contributed by atoms with van der Waals surface area (Å²) in [5, 5.41) is 15.5. The number of carbonyl (C=O) groups is 4. The van der Waals surface area contributed by atoms with Gasteiger partial charge in [0.05, 0.1) is 12.1 Å². The largest absolute Gasteiger partial charge is 0.475 e. The Bertz CT molecular complexity index is 1440. The SMILES string of the molecule is COC1CCC([C@@H]2CCN(C(=O)[C@H]3CC[C@H](C(CF)NC(=O)OC(C)(C)C)CC3)[C@@H]2C(=O)Nc2ccc3oc(C(=O)O)cc3c2)CC1. The fraction of sp³-hybridized carbons (Fsp3) is 0.657. The molecular weight excluding hydrogens is 609 g/mol. The second kappa shape index (κ2) is 14.6. The third-order valence-electron chi connectivity index (χ3n) is 10.2. The lowest BCUT2D eigenvalue weighted by atomic mass is 9.75. The fourth-order valence-corrected chi connectivity index (χ4v) is 7.83. The number of amides is 3. The van der Waals surface area contributed by atoms with E-state index >= 15 is 0 Å². The molecule has 1 aromatic carbocycles. The number of hydrogen-bond donors (Lipinski definition) is 3. The number of methoxy groups -OCH3 is 1. The van der Waals surface area contributed by atoms with E-state index in [1.165, 1.54) is 6.07 Å². The summed E-state index contributed by atoms with van der Waals surface area (Å²) in [6.45, 7) is 5.03. The molecule has 3 amide bonds. The van der Waals surface area contributed by atoms with Gasteiger partial charge in [-0.25, -0.2) is 14.0 Å². The molecule has 2 saturated carbocycles.